The Balaban J connectivity index is 1.93. The molecule has 0 saturated carbocycles. The van der Waals surface area contributed by atoms with Crippen LogP contribution in [0.2, 0.25) is 0 Å². The lowest BCUT2D eigenvalue weighted by molar-refractivity contribution is 0.0940. The number of carbonyl (C=O) groups is 1. The predicted octanol–water partition coefficient (Wildman–Crippen LogP) is 2.70. The zero-order valence-corrected chi connectivity index (χ0v) is 13.1. The van der Waals surface area contributed by atoms with Crippen molar-refractivity contribution in [2.45, 2.75) is 26.3 Å². The van der Waals surface area contributed by atoms with Crippen LogP contribution in [0.5, 0.6) is 5.75 Å². The fraction of sp³-hybridized carbons (Fsp3) is 0.389. The second-order valence-electron chi connectivity index (χ2n) is 5.76. The van der Waals surface area contributed by atoms with E-state index in [9.17, 15) is 4.79 Å². The number of carbonyl (C=O) groups excluding carboxylic acids is 1. The van der Waals surface area contributed by atoms with Crippen LogP contribution in [0.15, 0.2) is 48.1 Å². The van der Waals surface area contributed by atoms with Crippen molar-refractivity contribution >= 4 is 5.91 Å². The molecule has 22 heavy (non-hydrogen) atoms. The Labute approximate surface area is 131 Å². The second kappa shape index (κ2) is 7.80. The Morgan fingerprint density at radius 2 is 2.23 bits per heavy atom. The highest BCUT2D eigenvalue weighted by atomic mass is 16.5. The molecule has 1 amide bonds. The van der Waals surface area contributed by atoms with E-state index in [-0.39, 0.29) is 24.5 Å². The van der Waals surface area contributed by atoms with Crippen molar-refractivity contribution in [3.63, 3.8) is 0 Å². The summed E-state index contributed by atoms with van der Waals surface area (Å²) in [5.74, 6) is 0.699. The Morgan fingerprint density at radius 1 is 1.41 bits per heavy atom. The molecule has 0 aliphatic heterocycles. The van der Waals surface area contributed by atoms with Gasteiger partial charge in [-0.25, -0.2) is 0 Å². The molecule has 1 aromatic carbocycles. The summed E-state index contributed by atoms with van der Waals surface area (Å²) in [5, 5.41) is 12.1. The lowest BCUT2D eigenvalue weighted by atomic mass is 10.1. The molecule has 2 atom stereocenters. The molecule has 1 aliphatic carbocycles. The fourth-order valence-corrected chi connectivity index (χ4v) is 2.30. The molecule has 1 aromatic rings. The normalized spacial score (nSPS) is 19.8. The number of aliphatic hydroxyl groups excluding tert-OH is 1. The molecule has 2 N–H and O–H groups in total. The van der Waals surface area contributed by atoms with E-state index in [4.69, 9.17) is 9.84 Å². The maximum Gasteiger partial charge on any atom is 0.251 e. The fourth-order valence-electron chi connectivity index (χ4n) is 2.30. The molecule has 0 unspecified atom stereocenters. The molecule has 0 saturated heterocycles. The number of benzene rings is 1. The van der Waals surface area contributed by atoms with Crippen molar-refractivity contribution < 1.29 is 14.6 Å². The molecule has 0 aromatic heterocycles. The van der Waals surface area contributed by atoms with Crippen LogP contribution in [0.3, 0.4) is 0 Å². The van der Waals surface area contributed by atoms with E-state index in [1.165, 1.54) is 5.57 Å². The quantitative estimate of drug-likeness (QED) is 0.794. The number of ether oxygens (including phenoxy) is 1. The molecule has 1 aliphatic rings. The third kappa shape index (κ3) is 4.74. The van der Waals surface area contributed by atoms with Gasteiger partial charge in [0, 0.05) is 24.1 Å². The van der Waals surface area contributed by atoms with E-state index in [1.54, 1.807) is 12.1 Å². The zero-order chi connectivity index (χ0) is 15.9. The predicted molar refractivity (Wildman–Crippen MR) is 87.0 cm³/mol. The van der Waals surface area contributed by atoms with Crippen molar-refractivity contribution in [3.8, 4) is 5.75 Å². The standard InChI is InChI=1S/C18H23NO3/c1-13(2)8-9-22-17-5-3-4-15(11-17)18(21)19-16-7-6-14(10-16)12-20/h3-8,11,14,16,20H,9-10,12H2,1-2H3,(H,19,21)/t14-,16+/m0/s1. The first-order valence-corrected chi connectivity index (χ1v) is 7.54. The van der Waals surface area contributed by atoms with Crippen molar-refractivity contribution in [1.29, 1.82) is 0 Å². The zero-order valence-electron chi connectivity index (χ0n) is 13.1. The molecule has 0 radical (unpaired) electrons. The third-order valence-electron chi connectivity index (χ3n) is 3.56. The minimum atomic E-state index is -0.124. The summed E-state index contributed by atoms with van der Waals surface area (Å²) in [7, 11) is 0. The number of aliphatic hydroxyl groups is 1. The van der Waals surface area contributed by atoms with Gasteiger partial charge in [-0.3, -0.25) is 4.79 Å². The SMILES string of the molecule is CC(C)=CCOc1cccc(C(=O)N[C@@H]2C=C[C@H](CO)C2)c1. The summed E-state index contributed by atoms with van der Waals surface area (Å²) in [6.07, 6.45) is 6.63. The molecule has 0 fully saturated rings. The molecule has 0 spiro atoms. The number of hydrogen-bond donors (Lipinski definition) is 2. The Kier molecular flexibility index (Phi) is 5.78. The number of rotatable bonds is 6. The van der Waals surface area contributed by atoms with E-state index in [0.717, 1.165) is 6.42 Å². The summed E-state index contributed by atoms with van der Waals surface area (Å²) in [5.41, 5.74) is 1.77. The number of allylic oxidation sites excluding steroid dienone is 1. The second-order valence-corrected chi connectivity index (χ2v) is 5.76. The van der Waals surface area contributed by atoms with E-state index in [1.807, 2.05) is 44.2 Å². The number of hydrogen-bond acceptors (Lipinski definition) is 3. The van der Waals surface area contributed by atoms with Gasteiger partial charge in [0.25, 0.3) is 5.91 Å². The van der Waals surface area contributed by atoms with Crippen molar-refractivity contribution in [1.82, 2.24) is 5.32 Å². The van der Waals surface area contributed by atoms with Gasteiger partial charge < -0.3 is 15.2 Å². The maximum atomic E-state index is 12.3. The van der Waals surface area contributed by atoms with Crippen LogP contribution in [0.1, 0.15) is 30.6 Å². The molecule has 0 heterocycles. The lowest BCUT2D eigenvalue weighted by Gasteiger charge is -2.13. The van der Waals surface area contributed by atoms with E-state index < -0.39 is 0 Å². The smallest absolute Gasteiger partial charge is 0.251 e. The Hall–Kier alpha value is -2.07. The summed E-state index contributed by atoms with van der Waals surface area (Å²) >= 11 is 0. The highest BCUT2D eigenvalue weighted by Gasteiger charge is 2.20. The van der Waals surface area contributed by atoms with E-state index in [0.29, 0.717) is 17.9 Å². The largest absolute Gasteiger partial charge is 0.490 e. The maximum absolute atomic E-state index is 12.3. The van der Waals surface area contributed by atoms with E-state index in [2.05, 4.69) is 5.32 Å². The monoisotopic (exact) mass is 301 g/mol. The van der Waals surface area contributed by atoms with Gasteiger partial charge in [0.05, 0.1) is 0 Å². The van der Waals surface area contributed by atoms with Crippen molar-refractivity contribution in [3.05, 3.63) is 53.6 Å². The van der Waals surface area contributed by atoms with E-state index >= 15 is 0 Å². The van der Waals surface area contributed by atoms with Crippen LogP contribution >= 0.6 is 0 Å². The average molecular weight is 301 g/mol. The summed E-state index contributed by atoms with van der Waals surface area (Å²) in [4.78, 5) is 12.3. The minimum Gasteiger partial charge on any atom is -0.490 e. The minimum absolute atomic E-state index is 0.0140. The van der Waals surface area contributed by atoms with Gasteiger partial charge in [-0.2, -0.15) is 0 Å². The number of amides is 1. The van der Waals surface area contributed by atoms with Gasteiger partial charge in [-0.1, -0.05) is 23.8 Å². The first-order chi connectivity index (χ1) is 10.6. The first-order valence-electron chi connectivity index (χ1n) is 7.54. The van der Waals surface area contributed by atoms with Gasteiger partial charge in [0.2, 0.25) is 0 Å². The van der Waals surface area contributed by atoms with Crippen LogP contribution < -0.4 is 10.1 Å². The molecule has 118 valence electrons. The Morgan fingerprint density at radius 3 is 2.91 bits per heavy atom. The highest BCUT2D eigenvalue weighted by Crippen LogP contribution is 2.18. The van der Waals surface area contributed by atoms with Gasteiger partial charge >= 0.3 is 0 Å². The molecule has 0 bridgehead atoms. The lowest BCUT2D eigenvalue weighted by Crippen LogP contribution is -2.32. The molecule has 4 nitrogen and oxygen atoms in total. The highest BCUT2D eigenvalue weighted by molar-refractivity contribution is 5.94. The summed E-state index contributed by atoms with van der Waals surface area (Å²) in [6, 6.07) is 7.15. The molecule has 4 heteroatoms. The molecular formula is C18H23NO3. The van der Waals surface area contributed by atoms with Gasteiger partial charge in [-0.05, 0) is 44.5 Å². The first kappa shape index (κ1) is 16.3. The van der Waals surface area contributed by atoms with Crippen LogP contribution in [0.25, 0.3) is 0 Å². The van der Waals surface area contributed by atoms with Gasteiger partial charge in [-0.15, -0.1) is 0 Å². The van der Waals surface area contributed by atoms with Gasteiger partial charge in [0.15, 0.2) is 0 Å². The van der Waals surface area contributed by atoms with Crippen LogP contribution in [-0.4, -0.2) is 30.3 Å². The van der Waals surface area contributed by atoms with Crippen LogP contribution in [-0.2, 0) is 0 Å². The Bertz CT molecular complexity index is 573. The topological polar surface area (TPSA) is 58.6 Å². The number of nitrogens with one attached hydrogen (secondary N) is 1. The van der Waals surface area contributed by atoms with Gasteiger partial charge in [0.1, 0.15) is 12.4 Å². The third-order valence-corrected chi connectivity index (χ3v) is 3.56. The summed E-state index contributed by atoms with van der Waals surface area (Å²) in [6.45, 7) is 4.65. The van der Waals surface area contributed by atoms with Crippen LogP contribution in [0, 0.1) is 5.92 Å². The molecular weight excluding hydrogens is 278 g/mol. The average Bonchev–Trinajstić information content (AvgIpc) is 2.95. The van der Waals surface area contributed by atoms with Crippen molar-refractivity contribution in [2.75, 3.05) is 13.2 Å². The molecule has 2 rings (SSSR count). The van der Waals surface area contributed by atoms with Crippen LogP contribution in [0.4, 0.5) is 0 Å². The summed E-state index contributed by atoms with van der Waals surface area (Å²) < 4.78 is 5.61. The van der Waals surface area contributed by atoms with Crippen molar-refractivity contribution in [2.24, 2.45) is 5.92 Å².